The minimum atomic E-state index is -1.35. The smallest absolute Gasteiger partial charge is 0.449 e. The number of aliphatic hydroxyl groups is 1. The zero-order chi connectivity index (χ0) is 29.7. The quantitative estimate of drug-likeness (QED) is 0.172. The van der Waals surface area contributed by atoms with Gasteiger partial charge in [0.15, 0.2) is 0 Å². The lowest BCUT2D eigenvalue weighted by molar-refractivity contribution is -0.00397. The molecule has 3 N–H and O–H groups in total. The van der Waals surface area contributed by atoms with Crippen LogP contribution in [-0.2, 0) is 16.6 Å². The summed E-state index contributed by atoms with van der Waals surface area (Å²) in [5, 5.41) is 23.2. The fraction of sp³-hybridized carbons (Fsp3) is 0.424. The number of carbonyl (C=O) groups is 1. The van der Waals surface area contributed by atoms with E-state index in [-0.39, 0.29) is 29.5 Å². The third-order valence-electron chi connectivity index (χ3n) is 6.93. The number of hydrogen-bond acceptors (Lipinski definition) is 5. The molecule has 7 heteroatoms. The van der Waals surface area contributed by atoms with E-state index < -0.39 is 12.3 Å². The highest BCUT2D eigenvalue weighted by Crippen LogP contribution is 2.37. The highest BCUT2D eigenvalue weighted by Gasteiger charge is 2.24. The summed E-state index contributed by atoms with van der Waals surface area (Å²) in [6, 6.07) is 18.7. The van der Waals surface area contributed by atoms with E-state index in [4.69, 9.17) is 14.6 Å². The van der Waals surface area contributed by atoms with Crippen molar-refractivity contribution in [2.75, 3.05) is 13.2 Å². The highest BCUT2D eigenvalue weighted by atomic mass is 19.1. The first-order valence-electron chi connectivity index (χ1n) is 13.6. The number of rotatable bonds is 11. The number of β-amino-alcohol motifs (C(OH)–C–C–N with tert-alkyl or cyclic N) is 1. The fourth-order valence-electron chi connectivity index (χ4n) is 4.70. The standard InChI is InChI=1S/C33H42FNO5/c1-21-12-13-23(16-29(21)34)18-33(6,7)35-19-25(36)20-39-22(2)26-10-8-9-11-27(26)24-14-15-30(40-31(37)38)28(17-24)32(3,4)5/h8-17,22,25,35-36H,18-20H2,1-7H3,(H,37,38)/t22?,25-/m1/s1. The lowest BCUT2D eigenvalue weighted by atomic mass is 9.84. The number of aryl methyl sites for hydroxylation is 1. The number of hydrogen-bond donors (Lipinski definition) is 3. The van der Waals surface area contributed by atoms with Crippen LogP contribution in [0.2, 0.25) is 0 Å². The predicted octanol–water partition coefficient (Wildman–Crippen LogP) is 7.20. The summed E-state index contributed by atoms with van der Waals surface area (Å²) in [5.74, 6) is 0.103. The van der Waals surface area contributed by atoms with E-state index in [0.717, 1.165) is 27.8 Å². The maximum absolute atomic E-state index is 14.0. The Bertz CT molecular complexity index is 1310. The zero-order valence-corrected chi connectivity index (χ0v) is 24.5. The number of nitrogens with one attached hydrogen (secondary N) is 1. The van der Waals surface area contributed by atoms with Crippen molar-refractivity contribution >= 4 is 6.16 Å². The predicted molar refractivity (Wildman–Crippen MR) is 157 cm³/mol. The highest BCUT2D eigenvalue weighted by molar-refractivity contribution is 5.71. The van der Waals surface area contributed by atoms with Gasteiger partial charge in [0.2, 0.25) is 0 Å². The minimum absolute atomic E-state index is 0.135. The van der Waals surface area contributed by atoms with Crippen molar-refractivity contribution in [1.29, 1.82) is 0 Å². The van der Waals surface area contributed by atoms with Crippen LogP contribution in [0.25, 0.3) is 11.1 Å². The molecule has 0 spiro atoms. The van der Waals surface area contributed by atoms with E-state index in [1.54, 1.807) is 25.1 Å². The molecule has 0 bridgehead atoms. The molecule has 0 heterocycles. The SMILES string of the molecule is Cc1ccc(CC(C)(C)NC[C@@H](O)COC(C)c2ccccc2-c2ccc(OC(=O)O)c(C(C)(C)C)c2)cc1F. The van der Waals surface area contributed by atoms with Gasteiger partial charge in [0.1, 0.15) is 11.6 Å². The molecular weight excluding hydrogens is 509 g/mol. The molecule has 0 aliphatic carbocycles. The molecule has 0 aromatic heterocycles. The topological polar surface area (TPSA) is 88.0 Å². The Morgan fingerprint density at radius 1 is 1.02 bits per heavy atom. The zero-order valence-electron chi connectivity index (χ0n) is 24.5. The molecule has 0 saturated heterocycles. The second-order valence-corrected chi connectivity index (χ2v) is 12.1. The average Bonchev–Trinajstić information content (AvgIpc) is 2.87. The Morgan fingerprint density at radius 2 is 1.73 bits per heavy atom. The van der Waals surface area contributed by atoms with Crippen LogP contribution in [0, 0.1) is 12.7 Å². The first-order valence-corrected chi connectivity index (χ1v) is 13.6. The van der Waals surface area contributed by atoms with Crippen LogP contribution in [0.4, 0.5) is 9.18 Å². The molecule has 0 aliphatic rings. The minimum Gasteiger partial charge on any atom is -0.449 e. The molecule has 0 fully saturated rings. The normalized spacial score (nSPS) is 13.6. The van der Waals surface area contributed by atoms with Crippen LogP contribution in [0.5, 0.6) is 5.75 Å². The first kappa shape index (κ1) is 31.3. The van der Waals surface area contributed by atoms with E-state index >= 15 is 0 Å². The third kappa shape index (κ3) is 8.62. The lowest BCUT2D eigenvalue weighted by Crippen LogP contribution is -2.46. The van der Waals surface area contributed by atoms with Gasteiger partial charge < -0.3 is 25.0 Å². The van der Waals surface area contributed by atoms with E-state index in [2.05, 4.69) is 5.32 Å². The van der Waals surface area contributed by atoms with E-state index in [1.807, 2.05) is 84.0 Å². The van der Waals surface area contributed by atoms with Gasteiger partial charge in [-0.25, -0.2) is 9.18 Å². The van der Waals surface area contributed by atoms with Crippen LogP contribution >= 0.6 is 0 Å². The second-order valence-electron chi connectivity index (χ2n) is 12.1. The molecule has 0 saturated carbocycles. The summed E-state index contributed by atoms with van der Waals surface area (Å²) in [5.41, 5.74) is 4.46. The summed E-state index contributed by atoms with van der Waals surface area (Å²) in [6.07, 6.45) is -1.76. The summed E-state index contributed by atoms with van der Waals surface area (Å²) >= 11 is 0. The summed E-state index contributed by atoms with van der Waals surface area (Å²) < 4.78 is 25.1. The average molecular weight is 552 g/mol. The Balaban J connectivity index is 1.66. The van der Waals surface area contributed by atoms with Crippen LogP contribution in [0.1, 0.15) is 69.9 Å². The maximum Gasteiger partial charge on any atom is 0.511 e. The van der Waals surface area contributed by atoms with Crippen molar-refractivity contribution in [3.8, 4) is 16.9 Å². The Kier molecular flexibility index (Phi) is 10.1. The Labute approximate surface area is 237 Å². The van der Waals surface area contributed by atoms with Crippen molar-refractivity contribution in [2.45, 2.75) is 78.0 Å². The Morgan fingerprint density at radius 3 is 2.38 bits per heavy atom. The molecule has 3 rings (SSSR count). The summed E-state index contributed by atoms with van der Waals surface area (Å²) in [7, 11) is 0. The van der Waals surface area contributed by atoms with Gasteiger partial charge in [-0.05, 0) is 85.5 Å². The van der Waals surface area contributed by atoms with Crippen molar-refractivity contribution in [3.05, 3.63) is 88.7 Å². The number of benzene rings is 3. The van der Waals surface area contributed by atoms with Crippen molar-refractivity contribution in [2.24, 2.45) is 0 Å². The van der Waals surface area contributed by atoms with Gasteiger partial charge in [-0.15, -0.1) is 0 Å². The molecule has 3 aromatic carbocycles. The van der Waals surface area contributed by atoms with Crippen LogP contribution in [0.15, 0.2) is 60.7 Å². The van der Waals surface area contributed by atoms with Crippen molar-refractivity contribution in [1.82, 2.24) is 5.32 Å². The first-order chi connectivity index (χ1) is 18.7. The third-order valence-corrected chi connectivity index (χ3v) is 6.93. The van der Waals surface area contributed by atoms with E-state index in [9.17, 15) is 14.3 Å². The summed E-state index contributed by atoms with van der Waals surface area (Å²) in [4.78, 5) is 11.2. The molecular formula is C33H42FNO5. The van der Waals surface area contributed by atoms with Gasteiger partial charge in [-0.1, -0.05) is 63.2 Å². The molecule has 0 aliphatic heterocycles. The molecule has 1 unspecified atom stereocenters. The number of ether oxygens (including phenoxy) is 2. The van der Waals surface area contributed by atoms with Crippen LogP contribution in [-0.4, -0.2) is 41.2 Å². The van der Waals surface area contributed by atoms with Gasteiger partial charge in [0.05, 0.1) is 18.8 Å². The molecule has 6 nitrogen and oxygen atoms in total. The van der Waals surface area contributed by atoms with Gasteiger partial charge in [-0.3, -0.25) is 0 Å². The van der Waals surface area contributed by atoms with Crippen molar-refractivity contribution in [3.63, 3.8) is 0 Å². The monoisotopic (exact) mass is 551 g/mol. The van der Waals surface area contributed by atoms with Gasteiger partial charge in [-0.2, -0.15) is 0 Å². The Hall–Kier alpha value is -3.26. The molecule has 0 radical (unpaired) electrons. The number of aliphatic hydroxyl groups excluding tert-OH is 1. The molecule has 216 valence electrons. The fourth-order valence-corrected chi connectivity index (χ4v) is 4.70. The number of halogens is 1. The lowest BCUT2D eigenvalue weighted by Gasteiger charge is -2.28. The van der Waals surface area contributed by atoms with Crippen LogP contribution in [0.3, 0.4) is 0 Å². The second kappa shape index (κ2) is 12.9. The molecule has 40 heavy (non-hydrogen) atoms. The van der Waals surface area contributed by atoms with E-state index in [0.29, 0.717) is 24.3 Å². The van der Waals surface area contributed by atoms with Crippen molar-refractivity contribution < 1.29 is 28.9 Å². The maximum atomic E-state index is 14.0. The van der Waals surface area contributed by atoms with Gasteiger partial charge in [0.25, 0.3) is 0 Å². The van der Waals surface area contributed by atoms with Gasteiger partial charge in [0, 0.05) is 17.6 Å². The molecule has 3 aromatic rings. The van der Waals surface area contributed by atoms with Gasteiger partial charge >= 0.3 is 6.16 Å². The largest absolute Gasteiger partial charge is 0.511 e. The van der Waals surface area contributed by atoms with E-state index in [1.165, 1.54) is 0 Å². The summed E-state index contributed by atoms with van der Waals surface area (Å²) in [6.45, 7) is 14.2. The molecule has 2 atom stereocenters. The number of carboxylic acid groups (broad SMARTS) is 1. The van der Waals surface area contributed by atoms with Crippen LogP contribution < -0.4 is 10.1 Å². The molecule has 0 amide bonds.